The van der Waals surface area contributed by atoms with Crippen LogP contribution in [0.5, 0.6) is 5.75 Å². The lowest BCUT2D eigenvalue weighted by Gasteiger charge is -2.07. The number of para-hydroxylation sites is 1. The zero-order valence-electron chi connectivity index (χ0n) is 11.7. The van der Waals surface area contributed by atoms with Crippen molar-refractivity contribution in [3.05, 3.63) is 77.0 Å². The van der Waals surface area contributed by atoms with Crippen LogP contribution in [-0.2, 0) is 0 Å². The molecule has 1 heterocycles. The Kier molecular flexibility index (Phi) is 5.39. The van der Waals surface area contributed by atoms with Gasteiger partial charge in [0, 0.05) is 10.4 Å². The van der Waals surface area contributed by atoms with Gasteiger partial charge >= 0.3 is 0 Å². The van der Waals surface area contributed by atoms with Gasteiger partial charge in [-0.15, -0.1) is 11.3 Å². The smallest absolute Gasteiger partial charge is 0.126 e. The number of methoxy groups -OCH3 is 1. The highest BCUT2D eigenvalue weighted by Crippen LogP contribution is 2.28. The summed E-state index contributed by atoms with van der Waals surface area (Å²) in [6.07, 6.45) is 0. The van der Waals surface area contributed by atoms with Gasteiger partial charge in [0.15, 0.2) is 0 Å². The highest BCUT2D eigenvalue weighted by molar-refractivity contribution is 7.09. The third-order valence-electron chi connectivity index (χ3n) is 2.86. The van der Waals surface area contributed by atoms with Gasteiger partial charge in [0.2, 0.25) is 0 Å². The Morgan fingerprint density at radius 3 is 2.05 bits per heavy atom. The molecular weight excluding hydrogens is 264 g/mol. The lowest BCUT2D eigenvalue weighted by Crippen LogP contribution is -1.86. The summed E-state index contributed by atoms with van der Waals surface area (Å²) < 4.78 is 5.30. The van der Waals surface area contributed by atoms with Crippen LogP contribution in [0.25, 0.3) is 11.1 Å². The van der Waals surface area contributed by atoms with Crippen molar-refractivity contribution in [2.75, 3.05) is 7.11 Å². The maximum atomic E-state index is 5.30. The van der Waals surface area contributed by atoms with Crippen molar-refractivity contribution in [3.63, 3.8) is 0 Å². The minimum Gasteiger partial charge on any atom is -0.496 e. The molecule has 2 heteroatoms. The van der Waals surface area contributed by atoms with E-state index in [0.29, 0.717) is 0 Å². The zero-order chi connectivity index (χ0) is 14.2. The second kappa shape index (κ2) is 7.51. The molecule has 0 amide bonds. The van der Waals surface area contributed by atoms with Crippen molar-refractivity contribution in [2.45, 2.75) is 6.92 Å². The van der Waals surface area contributed by atoms with Crippen molar-refractivity contribution >= 4 is 11.3 Å². The third-order valence-corrected chi connectivity index (χ3v) is 3.66. The van der Waals surface area contributed by atoms with E-state index in [0.717, 1.165) is 11.3 Å². The van der Waals surface area contributed by atoms with Crippen LogP contribution in [0.15, 0.2) is 72.1 Å². The van der Waals surface area contributed by atoms with Crippen LogP contribution in [0.3, 0.4) is 0 Å². The number of hydrogen-bond acceptors (Lipinski definition) is 2. The lowest BCUT2D eigenvalue weighted by atomic mass is 10.1. The molecule has 0 radical (unpaired) electrons. The average Bonchev–Trinajstić information content (AvgIpc) is 3.00. The van der Waals surface area contributed by atoms with E-state index in [2.05, 4.69) is 42.6 Å². The van der Waals surface area contributed by atoms with Gasteiger partial charge in [-0.25, -0.2) is 0 Å². The highest BCUT2D eigenvalue weighted by atomic mass is 32.1. The van der Waals surface area contributed by atoms with Gasteiger partial charge < -0.3 is 4.74 Å². The Labute approximate surface area is 124 Å². The Hall–Kier alpha value is -2.06. The van der Waals surface area contributed by atoms with Crippen LogP contribution < -0.4 is 4.74 Å². The van der Waals surface area contributed by atoms with E-state index < -0.39 is 0 Å². The SMILES string of the molecule is COc1ccccc1-c1ccccc1.Cc1cccs1. The molecule has 2 aromatic carbocycles. The second-order valence-electron chi connectivity index (χ2n) is 4.29. The van der Waals surface area contributed by atoms with Crippen molar-refractivity contribution in [1.29, 1.82) is 0 Å². The standard InChI is InChI=1S/C13H12O.C5H6S/c1-14-13-10-6-5-9-12(13)11-7-3-2-4-8-11;1-5-3-2-4-6-5/h2-10H,1H3;2-4H,1H3. The second-order valence-corrected chi connectivity index (χ2v) is 5.44. The van der Waals surface area contributed by atoms with Crippen LogP contribution >= 0.6 is 11.3 Å². The minimum atomic E-state index is 0.915. The van der Waals surface area contributed by atoms with Gasteiger partial charge in [-0.2, -0.15) is 0 Å². The van der Waals surface area contributed by atoms with E-state index in [1.54, 1.807) is 18.4 Å². The number of thiophene rings is 1. The van der Waals surface area contributed by atoms with Crippen LogP contribution in [0.4, 0.5) is 0 Å². The van der Waals surface area contributed by atoms with Crippen LogP contribution in [0, 0.1) is 6.92 Å². The molecule has 0 aliphatic carbocycles. The first-order valence-electron chi connectivity index (χ1n) is 6.50. The molecule has 0 aliphatic rings. The summed E-state index contributed by atoms with van der Waals surface area (Å²) in [5.41, 5.74) is 2.32. The summed E-state index contributed by atoms with van der Waals surface area (Å²) in [7, 11) is 1.70. The fourth-order valence-corrected chi connectivity index (χ4v) is 2.39. The Bertz CT molecular complexity index is 615. The molecule has 3 aromatic rings. The molecule has 0 spiro atoms. The van der Waals surface area contributed by atoms with E-state index in [9.17, 15) is 0 Å². The molecule has 0 fully saturated rings. The fraction of sp³-hybridized carbons (Fsp3) is 0.111. The van der Waals surface area contributed by atoms with Crippen LogP contribution in [0.1, 0.15) is 4.88 Å². The number of rotatable bonds is 2. The summed E-state index contributed by atoms with van der Waals surface area (Å²) in [4.78, 5) is 1.38. The first kappa shape index (κ1) is 14.4. The predicted molar refractivity (Wildman–Crippen MR) is 87.5 cm³/mol. The quantitative estimate of drug-likeness (QED) is 0.610. The number of benzene rings is 2. The molecule has 0 saturated heterocycles. The van der Waals surface area contributed by atoms with Crippen molar-refractivity contribution < 1.29 is 4.74 Å². The number of hydrogen-bond donors (Lipinski definition) is 0. The molecule has 0 aliphatic heterocycles. The van der Waals surface area contributed by atoms with Crippen LogP contribution in [0.2, 0.25) is 0 Å². The van der Waals surface area contributed by atoms with Crippen molar-refractivity contribution in [1.82, 2.24) is 0 Å². The minimum absolute atomic E-state index is 0.915. The Balaban J connectivity index is 0.000000205. The van der Waals surface area contributed by atoms with Gasteiger partial charge in [0.25, 0.3) is 0 Å². The maximum absolute atomic E-state index is 5.30. The fourth-order valence-electron chi connectivity index (χ4n) is 1.86. The molecular formula is C18H18OS. The number of ether oxygens (including phenoxy) is 1. The molecule has 102 valence electrons. The Morgan fingerprint density at radius 2 is 1.50 bits per heavy atom. The summed E-state index contributed by atoms with van der Waals surface area (Å²) >= 11 is 1.78. The summed E-state index contributed by atoms with van der Waals surface area (Å²) in [6.45, 7) is 2.10. The van der Waals surface area contributed by atoms with Gasteiger partial charge in [0.05, 0.1) is 7.11 Å². The molecule has 0 atom stereocenters. The molecule has 0 bridgehead atoms. The molecule has 1 nitrogen and oxygen atoms in total. The number of aryl methyl sites for hydroxylation is 1. The zero-order valence-corrected chi connectivity index (χ0v) is 12.6. The molecule has 3 rings (SSSR count). The normalized spacial score (nSPS) is 9.50. The van der Waals surface area contributed by atoms with E-state index >= 15 is 0 Å². The molecule has 0 N–H and O–H groups in total. The van der Waals surface area contributed by atoms with E-state index in [1.807, 2.05) is 36.4 Å². The Morgan fingerprint density at radius 1 is 0.800 bits per heavy atom. The highest BCUT2D eigenvalue weighted by Gasteiger charge is 2.02. The molecule has 20 heavy (non-hydrogen) atoms. The van der Waals surface area contributed by atoms with Gasteiger partial charge in [-0.05, 0) is 30.0 Å². The molecule has 0 unspecified atom stereocenters. The monoisotopic (exact) mass is 282 g/mol. The first-order chi connectivity index (χ1) is 9.81. The topological polar surface area (TPSA) is 9.23 Å². The first-order valence-corrected chi connectivity index (χ1v) is 7.38. The van der Waals surface area contributed by atoms with Crippen molar-refractivity contribution in [2.24, 2.45) is 0 Å². The maximum Gasteiger partial charge on any atom is 0.126 e. The van der Waals surface area contributed by atoms with E-state index in [1.165, 1.54) is 10.4 Å². The molecule has 1 aromatic heterocycles. The summed E-state index contributed by atoms with van der Waals surface area (Å²) in [6, 6.07) is 22.4. The van der Waals surface area contributed by atoms with Crippen LogP contribution in [-0.4, -0.2) is 7.11 Å². The van der Waals surface area contributed by atoms with Gasteiger partial charge in [0.1, 0.15) is 5.75 Å². The summed E-state index contributed by atoms with van der Waals surface area (Å²) in [5.74, 6) is 0.915. The lowest BCUT2D eigenvalue weighted by molar-refractivity contribution is 0.416. The summed E-state index contributed by atoms with van der Waals surface area (Å²) in [5, 5.41) is 2.08. The largest absolute Gasteiger partial charge is 0.496 e. The van der Waals surface area contributed by atoms with E-state index in [4.69, 9.17) is 4.74 Å². The van der Waals surface area contributed by atoms with Gasteiger partial charge in [-0.1, -0.05) is 54.6 Å². The average molecular weight is 282 g/mol. The third kappa shape index (κ3) is 3.97. The van der Waals surface area contributed by atoms with Gasteiger partial charge in [-0.3, -0.25) is 0 Å². The molecule has 0 saturated carbocycles. The van der Waals surface area contributed by atoms with Crippen molar-refractivity contribution in [3.8, 4) is 16.9 Å². The van der Waals surface area contributed by atoms with E-state index in [-0.39, 0.29) is 0 Å². The predicted octanol–water partition coefficient (Wildman–Crippen LogP) is 5.42.